The van der Waals surface area contributed by atoms with E-state index in [1.54, 1.807) is 24.3 Å². The molecule has 3 aromatic rings. The lowest BCUT2D eigenvalue weighted by molar-refractivity contribution is 0.0951. The summed E-state index contributed by atoms with van der Waals surface area (Å²) in [4.78, 5) is 15.3. The summed E-state index contributed by atoms with van der Waals surface area (Å²) in [5.41, 5.74) is 5.32. The van der Waals surface area contributed by atoms with E-state index in [9.17, 15) is 13.2 Å². The van der Waals surface area contributed by atoms with Gasteiger partial charge in [0.2, 0.25) is 10.0 Å². The normalized spacial score (nSPS) is 14.4. The van der Waals surface area contributed by atoms with Crippen LogP contribution in [0.2, 0.25) is 0 Å². The number of anilines is 1. The van der Waals surface area contributed by atoms with Crippen molar-refractivity contribution >= 4 is 21.6 Å². The molecule has 3 aromatic carbocycles. The molecular formula is C29H35N3O3S. The van der Waals surface area contributed by atoms with E-state index in [0.29, 0.717) is 17.8 Å². The molecule has 1 amide bonds. The first kappa shape index (κ1) is 25.9. The van der Waals surface area contributed by atoms with Crippen molar-refractivity contribution in [2.45, 2.75) is 45.8 Å². The molecule has 190 valence electrons. The Morgan fingerprint density at radius 2 is 1.61 bits per heavy atom. The van der Waals surface area contributed by atoms with Crippen LogP contribution in [0, 0.1) is 6.92 Å². The average molecular weight is 506 g/mol. The van der Waals surface area contributed by atoms with Crippen LogP contribution >= 0.6 is 0 Å². The Kier molecular flexibility index (Phi) is 8.44. The first-order chi connectivity index (χ1) is 17.3. The zero-order valence-corrected chi connectivity index (χ0v) is 21.9. The van der Waals surface area contributed by atoms with Crippen molar-refractivity contribution in [1.82, 2.24) is 10.2 Å². The van der Waals surface area contributed by atoms with Crippen molar-refractivity contribution in [2.75, 3.05) is 23.7 Å². The van der Waals surface area contributed by atoms with Gasteiger partial charge >= 0.3 is 0 Å². The number of benzene rings is 3. The molecule has 6 nitrogen and oxygen atoms in total. The van der Waals surface area contributed by atoms with Crippen LogP contribution < -0.4 is 9.62 Å². The number of nitrogens with one attached hydrogen (secondary N) is 1. The number of carbonyl (C=O) groups is 1. The minimum absolute atomic E-state index is 0.187. The van der Waals surface area contributed by atoms with Gasteiger partial charge in [0.05, 0.1) is 18.5 Å². The molecule has 0 radical (unpaired) electrons. The minimum Gasteiger partial charge on any atom is -0.348 e. The van der Waals surface area contributed by atoms with E-state index in [1.807, 2.05) is 43.3 Å². The standard InChI is InChI=1S/C29H35N3O3S/c1-23-9-4-5-12-27(23)22-32(36(2,34)35)28-15-13-26(14-16-28)29(33)30-20-24-10-8-11-25(19-24)21-31-17-6-3-7-18-31/h4-5,8-16,19H,3,6-7,17-18,20-22H2,1-2H3,(H,30,33). The third kappa shape index (κ3) is 6.95. The smallest absolute Gasteiger partial charge is 0.251 e. The second kappa shape index (κ2) is 11.7. The average Bonchev–Trinajstić information content (AvgIpc) is 2.87. The first-order valence-corrected chi connectivity index (χ1v) is 14.3. The third-order valence-electron chi connectivity index (χ3n) is 6.69. The number of carbonyl (C=O) groups excluding carboxylic acids is 1. The van der Waals surface area contributed by atoms with E-state index in [2.05, 4.69) is 22.3 Å². The maximum atomic E-state index is 12.8. The van der Waals surface area contributed by atoms with Crippen molar-refractivity contribution < 1.29 is 13.2 Å². The summed E-state index contributed by atoms with van der Waals surface area (Å²) in [6.07, 6.45) is 5.05. The minimum atomic E-state index is -3.50. The number of sulfonamides is 1. The number of piperidine rings is 1. The molecule has 1 aliphatic rings. The Balaban J connectivity index is 1.39. The fraction of sp³-hybridized carbons (Fsp3) is 0.345. The van der Waals surface area contributed by atoms with Gasteiger partial charge in [0.25, 0.3) is 5.91 Å². The molecule has 4 rings (SSSR count). The fourth-order valence-corrected chi connectivity index (χ4v) is 5.50. The first-order valence-electron chi connectivity index (χ1n) is 12.5. The SMILES string of the molecule is Cc1ccccc1CN(c1ccc(C(=O)NCc2cccc(CN3CCCCC3)c2)cc1)S(C)(=O)=O. The van der Waals surface area contributed by atoms with Gasteiger partial charge in [-0.05, 0) is 79.4 Å². The van der Waals surface area contributed by atoms with Crippen molar-refractivity contribution in [2.24, 2.45) is 0 Å². The zero-order chi connectivity index (χ0) is 25.5. The lowest BCUT2D eigenvalue weighted by Crippen LogP contribution is -2.30. The Morgan fingerprint density at radius 1 is 0.917 bits per heavy atom. The predicted molar refractivity (Wildman–Crippen MR) is 145 cm³/mol. The Labute approximate surface area is 215 Å². The third-order valence-corrected chi connectivity index (χ3v) is 7.83. The number of likely N-dealkylation sites (tertiary alicyclic amines) is 1. The molecule has 1 fully saturated rings. The molecule has 0 aliphatic carbocycles. The molecule has 1 heterocycles. The van der Waals surface area contributed by atoms with Gasteiger partial charge < -0.3 is 5.32 Å². The number of amides is 1. The Hall–Kier alpha value is -3.16. The molecule has 0 saturated carbocycles. The summed E-state index contributed by atoms with van der Waals surface area (Å²) in [6, 6.07) is 22.8. The number of nitrogens with zero attached hydrogens (tertiary/aromatic N) is 2. The van der Waals surface area contributed by atoms with Crippen LogP contribution in [0.15, 0.2) is 72.8 Å². The molecule has 0 aromatic heterocycles. The van der Waals surface area contributed by atoms with E-state index < -0.39 is 10.0 Å². The predicted octanol–water partition coefficient (Wildman–Crippen LogP) is 4.88. The number of aryl methyl sites for hydroxylation is 1. The van der Waals surface area contributed by atoms with Gasteiger partial charge in [-0.1, -0.05) is 55.0 Å². The van der Waals surface area contributed by atoms with Crippen LogP contribution in [-0.4, -0.2) is 38.6 Å². The summed E-state index contributed by atoms with van der Waals surface area (Å²) in [7, 11) is -3.50. The molecule has 1 saturated heterocycles. The summed E-state index contributed by atoms with van der Waals surface area (Å²) in [5.74, 6) is -0.187. The van der Waals surface area contributed by atoms with E-state index in [1.165, 1.54) is 35.4 Å². The second-order valence-corrected chi connectivity index (χ2v) is 11.5. The summed E-state index contributed by atoms with van der Waals surface area (Å²) >= 11 is 0. The largest absolute Gasteiger partial charge is 0.348 e. The van der Waals surface area contributed by atoms with Gasteiger partial charge in [-0.25, -0.2) is 8.42 Å². The zero-order valence-electron chi connectivity index (χ0n) is 21.1. The molecule has 1 aliphatic heterocycles. The Bertz CT molecular complexity index is 1280. The number of rotatable bonds is 9. The molecule has 36 heavy (non-hydrogen) atoms. The molecule has 0 bridgehead atoms. The van der Waals surface area contributed by atoms with Gasteiger partial charge in [-0.2, -0.15) is 0 Å². The quantitative estimate of drug-likeness (QED) is 0.450. The van der Waals surface area contributed by atoms with E-state index >= 15 is 0 Å². The molecule has 0 unspecified atom stereocenters. The van der Waals surface area contributed by atoms with Crippen LogP contribution in [-0.2, 0) is 29.7 Å². The van der Waals surface area contributed by atoms with E-state index in [4.69, 9.17) is 0 Å². The number of hydrogen-bond donors (Lipinski definition) is 1. The highest BCUT2D eigenvalue weighted by molar-refractivity contribution is 7.92. The van der Waals surface area contributed by atoms with Crippen molar-refractivity contribution in [1.29, 1.82) is 0 Å². The second-order valence-electron chi connectivity index (χ2n) is 9.58. The monoisotopic (exact) mass is 505 g/mol. The summed E-state index contributed by atoms with van der Waals surface area (Å²) < 4.78 is 26.4. The van der Waals surface area contributed by atoms with Crippen LogP contribution in [0.3, 0.4) is 0 Å². The van der Waals surface area contributed by atoms with Gasteiger partial charge in [-0.3, -0.25) is 14.0 Å². The molecular weight excluding hydrogens is 470 g/mol. The Morgan fingerprint density at radius 3 is 2.31 bits per heavy atom. The van der Waals surface area contributed by atoms with Crippen molar-refractivity contribution in [3.8, 4) is 0 Å². The van der Waals surface area contributed by atoms with Gasteiger partial charge in [0.1, 0.15) is 0 Å². The van der Waals surface area contributed by atoms with Crippen molar-refractivity contribution in [3.63, 3.8) is 0 Å². The van der Waals surface area contributed by atoms with E-state index in [0.717, 1.165) is 36.3 Å². The van der Waals surface area contributed by atoms with Gasteiger partial charge in [0.15, 0.2) is 0 Å². The van der Waals surface area contributed by atoms with Crippen LogP contribution in [0.5, 0.6) is 0 Å². The van der Waals surface area contributed by atoms with Gasteiger partial charge in [0, 0.05) is 18.7 Å². The highest BCUT2D eigenvalue weighted by atomic mass is 32.2. The molecule has 7 heteroatoms. The van der Waals surface area contributed by atoms with E-state index in [-0.39, 0.29) is 12.5 Å². The van der Waals surface area contributed by atoms with Crippen LogP contribution in [0.4, 0.5) is 5.69 Å². The summed E-state index contributed by atoms with van der Waals surface area (Å²) in [6.45, 7) is 5.90. The summed E-state index contributed by atoms with van der Waals surface area (Å²) in [5, 5.41) is 2.99. The highest BCUT2D eigenvalue weighted by Crippen LogP contribution is 2.23. The number of hydrogen-bond acceptors (Lipinski definition) is 4. The molecule has 0 spiro atoms. The lowest BCUT2D eigenvalue weighted by Gasteiger charge is -2.26. The molecule has 1 N–H and O–H groups in total. The molecule has 0 atom stereocenters. The lowest BCUT2D eigenvalue weighted by atomic mass is 10.1. The topological polar surface area (TPSA) is 69.7 Å². The highest BCUT2D eigenvalue weighted by Gasteiger charge is 2.19. The van der Waals surface area contributed by atoms with Crippen LogP contribution in [0.1, 0.15) is 51.9 Å². The van der Waals surface area contributed by atoms with Crippen molar-refractivity contribution in [3.05, 3.63) is 101 Å². The van der Waals surface area contributed by atoms with Crippen LogP contribution in [0.25, 0.3) is 0 Å². The maximum Gasteiger partial charge on any atom is 0.251 e. The maximum absolute atomic E-state index is 12.8. The fourth-order valence-electron chi connectivity index (χ4n) is 4.62. The van der Waals surface area contributed by atoms with Gasteiger partial charge in [-0.15, -0.1) is 0 Å².